The van der Waals surface area contributed by atoms with Gasteiger partial charge in [0.2, 0.25) is 0 Å². The molecule has 22 heavy (non-hydrogen) atoms. The molecule has 1 N–H and O–H groups in total. The second kappa shape index (κ2) is 5.06. The minimum Gasteiger partial charge on any atom is -0.355 e. The third-order valence-corrected chi connectivity index (χ3v) is 4.73. The van der Waals surface area contributed by atoms with Crippen LogP contribution in [0.25, 0.3) is 11.3 Å². The van der Waals surface area contributed by atoms with E-state index in [1.807, 2.05) is 30.5 Å². The van der Waals surface area contributed by atoms with Crippen LogP contribution in [0.4, 0.5) is 5.82 Å². The quantitative estimate of drug-likeness (QED) is 0.787. The molecule has 0 bridgehead atoms. The van der Waals surface area contributed by atoms with Crippen molar-refractivity contribution in [2.75, 3.05) is 5.32 Å². The first kappa shape index (κ1) is 13.2. The molecule has 0 atom stereocenters. The fourth-order valence-corrected chi connectivity index (χ4v) is 3.56. The topological polar surface area (TPSA) is 68.0 Å². The van der Waals surface area contributed by atoms with Gasteiger partial charge >= 0.3 is 0 Å². The standard InChI is InChI=1S/C16H13N3O2S/c1-9-4-6-17-13(8-9)18-16(20)14-11-2-3-12-10(5-7-22-12)15(11)21-19-14/h4-8H,2-3H2,1H3,(H,17,18,20). The maximum absolute atomic E-state index is 12.4. The lowest BCUT2D eigenvalue weighted by Crippen LogP contribution is -2.16. The molecule has 0 aromatic carbocycles. The van der Waals surface area contributed by atoms with Crippen molar-refractivity contribution in [2.24, 2.45) is 0 Å². The fourth-order valence-electron chi connectivity index (χ4n) is 2.69. The Morgan fingerprint density at radius 2 is 2.27 bits per heavy atom. The van der Waals surface area contributed by atoms with Gasteiger partial charge in [-0.2, -0.15) is 0 Å². The smallest absolute Gasteiger partial charge is 0.279 e. The summed E-state index contributed by atoms with van der Waals surface area (Å²) < 4.78 is 5.43. The van der Waals surface area contributed by atoms with Crippen LogP contribution in [0.15, 0.2) is 34.3 Å². The molecule has 6 heteroatoms. The summed E-state index contributed by atoms with van der Waals surface area (Å²) in [6.07, 6.45) is 3.36. The average molecular weight is 311 g/mol. The summed E-state index contributed by atoms with van der Waals surface area (Å²) in [6.45, 7) is 1.95. The first-order chi connectivity index (χ1) is 10.7. The minimum absolute atomic E-state index is 0.276. The predicted octanol–water partition coefficient (Wildman–Crippen LogP) is 3.46. The molecule has 1 aliphatic carbocycles. The average Bonchev–Trinajstić information content (AvgIpc) is 3.13. The molecule has 0 unspecified atom stereocenters. The molecule has 0 fully saturated rings. The molecule has 3 aromatic rings. The number of hydrogen-bond donors (Lipinski definition) is 1. The van der Waals surface area contributed by atoms with E-state index in [2.05, 4.69) is 15.5 Å². The van der Waals surface area contributed by atoms with Crippen LogP contribution < -0.4 is 5.32 Å². The number of nitrogens with one attached hydrogen (secondary N) is 1. The molecule has 4 rings (SSSR count). The van der Waals surface area contributed by atoms with Crippen LogP contribution in [-0.4, -0.2) is 16.0 Å². The maximum atomic E-state index is 12.4. The predicted molar refractivity (Wildman–Crippen MR) is 84.2 cm³/mol. The van der Waals surface area contributed by atoms with E-state index in [0.29, 0.717) is 11.5 Å². The van der Waals surface area contributed by atoms with Gasteiger partial charge in [0.05, 0.1) is 0 Å². The zero-order chi connectivity index (χ0) is 15.1. The molecule has 3 heterocycles. The summed E-state index contributed by atoms with van der Waals surface area (Å²) in [5.41, 5.74) is 3.34. The molecule has 0 saturated carbocycles. The van der Waals surface area contributed by atoms with E-state index in [1.165, 1.54) is 4.88 Å². The van der Waals surface area contributed by atoms with Gasteiger partial charge in [0.15, 0.2) is 11.5 Å². The lowest BCUT2D eigenvalue weighted by molar-refractivity contribution is 0.101. The Morgan fingerprint density at radius 1 is 1.36 bits per heavy atom. The second-order valence-corrected chi connectivity index (χ2v) is 6.27. The summed E-state index contributed by atoms with van der Waals surface area (Å²) in [7, 11) is 0. The van der Waals surface area contributed by atoms with Gasteiger partial charge in [-0.15, -0.1) is 11.3 Å². The zero-order valence-electron chi connectivity index (χ0n) is 11.9. The molecule has 0 aliphatic heterocycles. The van der Waals surface area contributed by atoms with E-state index in [1.54, 1.807) is 17.5 Å². The van der Waals surface area contributed by atoms with E-state index >= 15 is 0 Å². The number of carbonyl (C=O) groups excluding carboxylic acids is 1. The lowest BCUT2D eigenvalue weighted by atomic mass is 9.95. The van der Waals surface area contributed by atoms with Gasteiger partial charge < -0.3 is 9.84 Å². The first-order valence-electron chi connectivity index (χ1n) is 7.01. The van der Waals surface area contributed by atoms with Crippen molar-refractivity contribution in [3.8, 4) is 11.3 Å². The molecule has 3 aromatic heterocycles. The van der Waals surface area contributed by atoms with E-state index < -0.39 is 0 Å². The highest BCUT2D eigenvalue weighted by Gasteiger charge is 2.28. The van der Waals surface area contributed by atoms with E-state index in [9.17, 15) is 4.79 Å². The Hall–Kier alpha value is -2.47. The molecule has 5 nitrogen and oxygen atoms in total. The number of anilines is 1. The Morgan fingerprint density at radius 3 is 3.14 bits per heavy atom. The summed E-state index contributed by atoms with van der Waals surface area (Å²) in [6, 6.07) is 5.72. The molecule has 0 saturated heterocycles. The minimum atomic E-state index is -0.276. The highest BCUT2D eigenvalue weighted by Crippen LogP contribution is 2.38. The van der Waals surface area contributed by atoms with Gasteiger partial charge in [0, 0.05) is 22.2 Å². The number of carbonyl (C=O) groups is 1. The molecule has 0 radical (unpaired) electrons. The highest BCUT2D eigenvalue weighted by molar-refractivity contribution is 7.10. The number of aromatic nitrogens is 2. The van der Waals surface area contributed by atoms with Gasteiger partial charge in [-0.1, -0.05) is 5.16 Å². The molecule has 1 amide bonds. The molecule has 0 spiro atoms. The van der Waals surface area contributed by atoms with Crippen molar-refractivity contribution in [1.29, 1.82) is 0 Å². The van der Waals surface area contributed by atoms with Crippen LogP contribution >= 0.6 is 11.3 Å². The molecular formula is C16H13N3O2S. The number of nitrogens with zero attached hydrogens (tertiary/aromatic N) is 2. The van der Waals surface area contributed by atoms with Crippen molar-refractivity contribution in [1.82, 2.24) is 10.1 Å². The first-order valence-corrected chi connectivity index (χ1v) is 7.89. The number of rotatable bonds is 2. The Kier molecular flexibility index (Phi) is 3.04. The number of amides is 1. The van der Waals surface area contributed by atoms with Crippen LogP contribution in [0.5, 0.6) is 0 Å². The van der Waals surface area contributed by atoms with Gasteiger partial charge in [-0.3, -0.25) is 4.79 Å². The van der Waals surface area contributed by atoms with Crippen LogP contribution in [0.1, 0.15) is 26.5 Å². The van der Waals surface area contributed by atoms with Crippen molar-refractivity contribution in [3.05, 3.63) is 51.5 Å². The zero-order valence-corrected chi connectivity index (χ0v) is 12.7. The molecule has 1 aliphatic rings. The highest BCUT2D eigenvalue weighted by atomic mass is 32.1. The monoisotopic (exact) mass is 311 g/mol. The summed E-state index contributed by atoms with van der Waals surface area (Å²) >= 11 is 1.71. The number of hydrogen-bond acceptors (Lipinski definition) is 5. The van der Waals surface area contributed by atoms with E-state index in [-0.39, 0.29) is 5.91 Å². The van der Waals surface area contributed by atoms with Crippen molar-refractivity contribution in [2.45, 2.75) is 19.8 Å². The fraction of sp³-hybridized carbons (Fsp3) is 0.188. The Labute approximate surface area is 131 Å². The normalized spacial score (nSPS) is 12.6. The van der Waals surface area contributed by atoms with Crippen molar-refractivity contribution in [3.63, 3.8) is 0 Å². The third kappa shape index (κ3) is 2.12. The SMILES string of the molecule is Cc1ccnc(NC(=O)c2noc3c2CCc2sccc2-3)c1. The van der Waals surface area contributed by atoms with E-state index in [0.717, 1.165) is 35.3 Å². The van der Waals surface area contributed by atoms with Crippen molar-refractivity contribution >= 4 is 23.1 Å². The van der Waals surface area contributed by atoms with Crippen LogP contribution in [0, 0.1) is 6.92 Å². The largest absolute Gasteiger partial charge is 0.355 e. The third-order valence-electron chi connectivity index (χ3n) is 3.75. The van der Waals surface area contributed by atoms with Gasteiger partial charge in [0.1, 0.15) is 5.82 Å². The van der Waals surface area contributed by atoms with Crippen LogP contribution in [-0.2, 0) is 12.8 Å². The van der Waals surface area contributed by atoms with Crippen LogP contribution in [0.3, 0.4) is 0 Å². The number of pyridine rings is 1. The van der Waals surface area contributed by atoms with Gasteiger partial charge in [-0.05, 0) is 48.9 Å². The summed E-state index contributed by atoms with van der Waals surface area (Å²) in [5, 5.41) is 8.81. The number of fused-ring (bicyclic) bond motifs is 3. The Balaban J connectivity index is 1.66. The maximum Gasteiger partial charge on any atom is 0.279 e. The summed E-state index contributed by atoms with van der Waals surface area (Å²) in [4.78, 5) is 17.9. The number of thiophene rings is 1. The van der Waals surface area contributed by atoms with Gasteiger partial charge in [0.25, 0.3) is 5.91 Å². The molecular weight excluding hydrogens is 298 g/mol. The summed E-state index contributed by atoms with van der Waals surface area (Å²) in [5.74, 6) is 0.973. The molecule has 110 valence electrons. The van der Waals surface area contributed by atoms with E-state index in [4.69, 9.17) is 4.52 Å². The number of aryl methyl sites for hydroxylation is 2. The van der Waals surface area contributed by atoms with Crippen LogP contribution in [0.2, 0.25) is 0 Å². The lowest BCUT2D eigenvalue weighted by Gasteiger charge is -2.10. The second-order valence-electron chi connectivity index (χ2n) is 5.27. The Bertz CT molecular complexity index is 866. The van der Waals surface area contributed by atoms with Crippen molar-refractivity contribution < 1.29 is 9.32 Å². The van der Waals surface area contributed by atoms with Gasteiger partial charge in [-0.25, -0.2) is 4.98 Å².